The number of benzene rings is 2. The van der Waals surface area contributed by atoms with Crippen LogP contribution in [0.2, 0.25) is 0 Å². The number of nitrogens with zero attached hydrogens (tertiary/aromatic N) is 3. The fourth-order valence-corrected chi connectivity index (χ4v) is 4.04. The fraction of sp³-hybridized carbons (Fsp3) is 0.304. The van der Waals surface area contributed by atoms with Crippen LogP contribution in [-0.2, 0) is 13.2 Å². The number of halogens is 1. The maximum Gasteiger partial charge on any atom is 0.321 e. The molecule has 2 amide bonds. The van der Waals surface area contributed by atoms with Gasteiger partial charge in [-0.2, -0.15) is 0 Å². The van der Waals surface area contributed by atoms with Crippen molar-refractivity contribution in [2.75, 3.05) is 31.5 Å². The van der Waals surface area contributed by atoms with Gasteiger partial charge >= 0.3 is 6.03 Å². The summed E-state index contributed by atoms with van der Waals surface area (Å²) in [6, 6.07) is 13.4. The molecule has 0 atom stereocenters. The number of ether oxygens (including phenoxy) is 1. The first-order chi connectivity index (χ1) is 15.0. The molecule has 4 rings (SSSR count). The molecular formula is C23H25FN4O2S. The van der Waals surface area contributed by atoms with Gasteiger partial charge in [0.1, 0.15) is 18.2 Å². The molecule has 162 valence electrons. The quantitative estimate of drug-likeness (QED) is 0.612. The minimum atomic E-state index is -0.271. The van der Waals surface area contributed by atoms with Crippen LogP contribution >= 0.6 is 11.3 Å². The Kier molecular flexibility index (Phi) is 6.79. The second kappa shape index (κ2) is 9.89. The van der Waals surface area contributed by atoms with E-state index in [1.54, 1.807) is 29.5 Å². The molecule has 2 heterocycles. The van der Waals surface area contributed by atoms with E-state index < -0.39 is 0 Å². The summed E-state index contributed by atoms with van der Waals surface area (Å²) >= 11 is 1.67. The minimum Gasteiger partial charge on any atom is -0.489 e. The lowest BCUT2D eigenvalue weighted by atomic mass is 10.2. The van der Waals surface area contributed by atoms with E-state index in [0.29, 0.717) is 31.1 Å². The molecule has 0 bridgehead atoms. The lowest BCUT2D eigenvalue weighted by Crippen LogP contribution is -2.49. The Morgan fingerprint density at radius 2 is 1.94 bits per heavy atom. The van der Waals surface area contributed by atoms with Crippen LogP contribution in [0.25, 0.3) is 0 Å². The van der Waals surface area contributed by atoms with Crippen LogP contribution in [0.15, 0.2) is 53.9 Å². The first-order valence-corrected chi connectivity index (χ1v) is 11.1. The number of hydrogen-bond acceptors (Lipinski definition) is 5. The maximum atomic E-state index is 13.0. The molecule has 0 spiro atoms. The summed E-state index contributed by atoms with van der Waals surface area (Å²) in [5.74, 6) is 0.373. The van der Waals surface area contributed by atoms with Crippen LogP contribution in [0, 0.1) is 12.7 Å². The number of aromatic nitrogens is 1. The van der Waals surface area contributed by atoms with Gasteiger partial charge in [0.2, 0.25) is 0 Å². The van der Waals surface area contributed by atoms with E-state index in [9.17, 15) is 9.18 Å². The van der Waals surface area contributed by atoms with Gasteiger partial charge in [0, 0.05) is 49.9 Å². The number of rotatable bonds is 6. The molecule has 0 radical (unpaired) electrons. The predicted octanol–water partition coefficient (Wildman–Crippen LogP) is 4.52. The fourth-order valence-electron chi connectivity index (χ4n) is 3.43. The largest absolute Gasteiger partial charge is 0.489 e. The number of carbonyl (C=O) groups excluding carboxylic acids is 1. The number of aryl methyl sites for hydroxylation is 1. The zero-order valence-electron chi connectivity index (χ0n) is 17.4. The standard InChI is InChI=1S/C23H25FN4O2S/c1-17-25-21(16-31-17)14-27-9-11-28(12-10-27)23(29)26-20-3-2-4-22(13-20)30-15-18-5-7-19(24)8-6-18/h2-8,13,16H,9-12,14-15H2,1H3,(H,26,29). The SMILES string of the molecule is Cc1nc(CN2CCN(C(=O)Nc3cccc(OCc4ccc(F)cc4)c3)CC2)cs1. The summed E-state index contributed by atoms with van der Waals surface area (Å²) in [5, 5.41) is 6.13. The number of piperazine rings is 1. The molecule has 1 aliphatic heterocycles. The first kappa shape index (κ1) is 21.3. The van der Waals surface area contributed by atoms with Crippen molar-refractivity contribution in [3.63, 3.8) is 0 Å². The topological polar surface area (TPSA) is 57.7 Å². The highest BCUT2D eigenvalue weighted by atomic mass is 32.1. The summed E-state index contributed by atoms with van der Waals surface area (Å²) in [6.45, 7) is 6.17. The molecule has 3 aromatic rings. The second-order valence-corrected chi connectivity index (χ2v) is 8.56. The van der Waals surface area contributed by atoms with Crippen LogP contribution in [0.3, 0.4) is 0 Å². The van der Waals surface area contributed by atoms with Crippen molar-refractivity contribution in [1.82, 2.24) is 14.8 Å². The Bertz CT molecular complexity index is 1020. The number of nitrogens with one attached hydrogen (secondary N) is 1. The lowest BCUT2D eigenvalue weighted by Gasteiger charge is -2.34. The number of amides is 2. The highest BCUT2D eigenvalue weighted by Gasteiger charge is 2.21. The van der Waals surface area contributed by atoms with E-state index in [0.717, 1.165) is 35.9 Å². The van der Waals surface area contributed by atoms with Gasteiger partial charge in [-0.25, -0.2) is 14.2 Å². The van der Waals surface area contributed by atoms with Gasteiger partial charge < -0.3 is 15.0 Å². The average Bonchev–Trinajstić information content (AvgIpc) is 3.18. The molecule has 1 aromatic heterocycles. The molecule has 6 nitrogen and oxygen atoms in total. The van der Waals surface area contributed by atoms with Crippen molar-refractivity contribution in [3.05, 3.63) is 76.0 Å². The second-order valence-electron chi connectivity index (χ2n) is 7.49. The predicted molar refractivity (Wildman–Crippen MR) is 120 cm³/mol. The Labute approximate surface area is 185 Å². The molecule has 0 unspecified atom stereocenters. The van der Waals surface area contributed by atoms with E-state index in [4.69, 9.17) is 4.74 Å². The molecule has 1 saturated heterocycles. The molecule has 8 heteroatoms. The van der Waals surface area contributed by atoms with Crippen molar-refractivity contribution in [1.29, 1.82) is 0 Å². The Balaban J connectivity index is 1.25. The summed E-state index contributed by atoms with van der Waals surface area (Å²) < 4.78 is 18.8. The van der Waals surface area contributed by atoms with Gasteiger partial charge in [0.05, 0.1) is 10.7 Å². The van der Waals surface area contributed by atoms with Gasteiger partial charge in [0.25, 0.3) is 0 Å². The molecule has 0 aliphatic carbocycles. The smallest absolute Gasteiger partial charge is 0.321 e. The van der Waals surface area contributed by atoms with Crippen molar-refractivity contribution in [2.24, 2.45) is 0 Å². The molecule has 1 aliphatic rings. The Morgan fingerprint density at radius 3 is 2.65 bits per heavy atom. The molecule has 1 fully saturated rings. The van der Waals surface area contributed by atoms with Crippen molar-refractivity contribution >= 4 is 23.1 Å². The minimum absolute atomic E-state index is 0.111. The molecule has 31 heavy (non-hydrogen) atoms. The number of anilines is 1. The van der Waals surface area contributed by atoms with Crippen LogP contribution in [-0.4, -0.2) is 47.0 Å². The van der Waals surface area contributed by atoms with Crippen molar-refractivity contribution in [3.8, 4) is 5.75 Å². The normalized spacial score (nSPS) is 14.5. The molecule has 1 N–H and O–H groups in total. The third-order valence-corrected chi connectivity index (χ3v) is 5.94. The molecule has 2 aromatic carbocycles. The van der Waals surface area contributed by atoms with Crippen LogP contribution in [0.1, 0.15) is 16.3 Å². The van der Waals surface area contributed by atoms with Gasteiger partial charge in [-0.1, -0.05) is 18.2 Å². The number of hydrogen-bond donors (Lipinski definition) is 1. The highest BCUT2D eigenvalue weighted by molar-refractivity contribution is 7.09. The zero-order chi connectivity index (χ0) is 21.6. The van der Waals surface area contributed by atoms with Crippen LogP contribution in [0.5, 0.6) is 5.75 Å². The van der Waals surface area contributed by atoms with Gasteiger partial charge in [-0.15, -0.1) is 11.3 Å². The number of carbonyl (C=O) groups is 1. The number of urea groups is 1. The highest BCUT2D eigenvalue weighted by Crippen LogP contribution is 2.20. The van der Waals surface area contributed by atoms with E-state index in [1.807, 2.05) is 30.0 Å². The van der Waals surface area contributed by atoms with Crippen LogP contribution < -0.4 is 10.1 Å². The van der Waals surface area contributed by atoms with Crippen molar-refractivity contribution in [2.45, 2.75) is 20.1 Å². The third kappa shape index (κ3) is 6.02. The Hall–Kier alpha value is -2.97. The van der Waals surface area contributed by atoms with Crippen molar-refractivity contribution < 1.29 is 13.9 Å². The van der Waals surface area contributed by atoms with Gasteiger partial charge in [0.15, 0.2) is 0 Å². The van der Waals surface area contributed by atoms with E-state index >= 15 is 0 Å². The summed E-state index contributed by atoms with van der Waals surface area (Å²) in [5.41, 5.74) is 2.65. The first-order valence-electron chi connectivity index (χ1n) is 10.2. The third-order valence-electron chi connectivity index (χ3n) is 5.12. The lowest BCUT2D eigenvalue weighted by molar-refractivity contribution is 0.142. The zero-order valence-corrected chi connectivity index (χ0v) is 18.2. The Morgan fingerprint density at radius 1 is 1.16 bits per heavy atom. The van der Waals surface area contributed by atoms with E-state index in [1.165, 1.54) is 12.1 Å². The van der Waals surface area contributed by atoms with Crippen LogP contribution in [0.4, 0.5) is 14.9 Å². The molecular weight excluding hydrogens is 415 g/mol. The summed E-state index contributed by atoms with van der Waals surface area (Å²) in [7, 11) is 0. The van der Waals surface area contributed by atoms with E-state index in [-0.39, 0.29) is 11.8 Å². The molecule has 0 saturated carbocycles. The summed E-state index contributed by atoms with van der Waals surface area (Å²) in [4.78, 5) is 21.3. The van der Waals surface area contributed by atoms with Gasteiger partial charge in [-0.05, 0) is 36.8 Å². The van der Waals surface area contributed by atoms with Gasteiger partial charge in [-0.3, -0.25) is 4.90 Å². The monoisotopic (exact) mass is 440 g/mol. The average molecular weight is 441 g/mol. The maximum absolute atomic E-state index is 13.0. The number of thiazole rings is 1. The van der Waals surface area contributed by atoms with E-state index in [2.05, 4.69) is 20.6 Å². The summed E-state index contributed by atoms with van der Waals surface area (Å²) in [6.07, 6.45) is 0.